The van der Waals surface area contributed by atoms with Gasteiger partial charge < -0.3 is 14.2 Å². The van der Waals surface area contributed by atoms with Crippen LogP contribution in [-0.2, 0) is 14.3 Å². The summed E-state index contributed by atoms with van der Waals surface area (Å²) in [6, 6.07) is 6.73. The van der Waals surface area contributed by atoms with E-state index in [-0.39, 0.29) is 6.61 Å². The molecular formula is C20H30O5. The van der Waals surface area contributed by atoms with E-state index >= 15 is 0 Å². The van der Waals surface area contributed by atoms with Gasteiger partial charge in [-0.3, -0.25) is 0 Å². The molecule has 0 fully saturated rings. The number of hydrogen-bond acceptors (Lipinski definition) is 5. The Hall–Kier alpha value is -2.04. The summed E-state index contributed by atoms with van der Waals surface area (Å²) in [4.78, 5) is 22.7. The maximum absolute atomic E-state index is 11.7. The molecule has 0 aliphatic rings. The molecule has 1 rings (SSSR count). The van der Waals surface area contributed by atoms with E-state index in [4.69, 9.17) is 9.47 Å². The minimum Gasteiger partial charge on any atom is -0.494 e. The van der Waals surface area contributed by atoms with E-state index in [0.717, 1.165) is 12.2 Å². The number of rotatable bonds is 13. The first-order valence-electron chi connectivity index (χ1n) is 9.14. The molecule has 1 aromatic rings. The molecule has 0 radical (unpaired) electrons. The predicted octanol–water partition coefficient (Wildman–Crippen LogP) is 4.54. The van der Waals surface area contributed by atoms with Crippen molar-refractivity contribution in [3.05, 3.63) is 29.8 Å². The van der Waals surface area contributed by atoms with Crippen LogP contribution in [-0.4, -0.2) is 32.3 Å². The van der Waals surface area contributed by atoms with Crippen molar-refractivity contribution in [2.75, 3.05) is 20.3 Å². The molecule has 0 amide bonds. The van der Waals surface area contributed by atoms with Gasteiger partial charge in [0.1, 0.15) is 5.75 Å². The summed E-state index contributed by atoms with van der Waals surface area (Å²) < 4.78 is 14.9. The van der Waals surface area contributed by atoms with Gasteiger partial charge in [-0.15, -0.1) is 0 Å². The Kier molecular flexibility index (Phi) is 11.2. The maximum atomic E-state index is 11.7. The third-order valence-electron chi connectivity index (χ3n) is 3.91. The monoisotopic (exact) mass is 350 g/mol. The molecule has 0 atom stereocenters. The Morgan fingerprint density at radius 3 is 2.08 bits per heavy atom. The standard InChI is InChI=1S/C20H30O5/c1-3-4-5-6-7-8-9-10-15-24-18-13-11-17(12-14-18)20(22)25-16-19(21)23-2/h11-14H,3-10,15-16H2,1-2H3. The molecule has 0 spiro atoms. The van der Waals surface area contributed by atoms with Crippen molar-refractivity contribution >= 4 is 11.9 Å². The van der Waals surface area contributed by atoms with Gasteiger partial charge in [0.05, 0.1) is 19.3 Å². The first-order valence-corrected chi connectivity index (χ1v) is 9.14. The van der Waals surface area contributed by atoms with Crippen LogP contribution in [0.3, 0.4) is 0 Å². The van der Waals surface area contributed by atoms with E-state index in [1.807, 2.05) is 0 Å². The normalized spacial score (nSPS) is 10.3. The minimum absolute atomic E-state index is 0.378. The molecule has 5 nitrogen and oxygen atoms in total. The van der Waals surface area contributed by atoms with Crippen molar-refractivity contribution in [2.45, 2.75) is 58.3 Å². The van der Waals surface area contributed by atoms with Gasteiger partial charge in [0.15, 0.2) is 6.61 Å². The molecule has 0 heterocycles. The zero-order valence-corrected chi connectivity index (χ0v) is 15.4. The van der Waals surface area contributed by atoms with Crippen LogP contribution in [0.4, 0.5) is 0 Å². The second-order valence-corrected chi connectivity index (χ2v) is 6.00. The zero-order chi connectivity index (χ0) is 18.3. The Balaban J connectivity index is 2.15. The van der Waals surface area contributed by atoms with Crippen LogP contribution in [0, 0.1) is 0 Å². The molecule has 5 heteroatoms. The number of ether oxygens (including phenoxy) is 3. The van der Waals surface area contributed by atoms with E-state index in [1.165, 1.54) is 52.1 Å². The molecule has 0 N–H and O–H groups in total. The van der Waals surface area contributed by atoms with Gasteiger partial charge in [-0.25, -0.2) is 9.59 Å². The topological polar surface area (TPSA) is 61.8 Å². The lowest BCUT2D eigenvalue weighted by atomic mass is 10.1. The second-order valence-electron chi connectivity index (χ2n) is 6.00. The summed E-state index contributed by atoms with van der Waals surface area (Å²) in [6.07, 6.45) is 10.1. The van der Waals surface area contributed by atoms with Crippen molar-refractivity contribution in [3.63, 3.8) is 0 Å². The highest BCUT2D eigenvalue weighted by atomic mass is 16.6. The predicted molar refractivity (Wildman–Crippen MR) is 96.8 cm³/mol. The van der Waals surface area contributed by atoms with E-state index in [9.17, 15) is 9.59 Å². The highest BCUT2D eigenvalue weighted by Gasteiger charge is 2.10. The Morgan fingerprint density at radius 1 is 0.880 bits per heavy atom. The van der Waals surface area contributed by atoms with Crippen LogP contribution in [0.5, 0.6) is 5.75 Å². The largest absolute Gasteiger partial charge is 0.494 e. The molecule has 0 aliphatic heterocycles. The number of benzene rings is 1. The average molecular weight is 350 g/mol. The summed E-state index contributed by atoms with van der Waals surface area (Å²) in [6.45, 7) is 2.53. The SMILES string of the molecule is CCCCCCCCCCOc1ccc(C(=O)OCC(=O)OC)cc1. The Labute approximate surface area is 150 Å². The summed E-state index contributed by atoms with van der Waals surface area (Å²) >= 11 is 0. The zero-order valence-electron chi connectivity index (χ0n) is 15.4. The number of methoxy groups -OCH3 is 1. The van der Waals surface area contributed by atoms with Gasteiger partial charge in [0, 0.05) is 0 Å². The summed E-state index contributed by atoms with van der Waals surface area (Å²) in [7, 11) is 1.24. The smallest absolute Gasteiger partial charge is 0.344 e. The maximum Gasteiger partial charge on any atom is 0.344 e. The summed E-state index contributed by atoms with van der Waals surface area (Å²) in [5.74, 6) is -0.411. The molecule has 0 saturated carbocycles. The minimum atomic E-state index is -0.585. The lowest BCUT2D eigenvalue weighted by Crippen LogP contribution is -2.15. The lowest BCUT2D eigenvalue weighted by molar-refractivity contribution is -0.144. The highest BCUT2D eigenvalue weighted by Crippen LogP contribution is 2.14. The van der Waals surface area contributed by atoms with E-state index in [1.54, 1.807) is 24.3 Å². The Bertz CT molecular complexity index is 495. The first kappa shape index (κ1) is 21.0. The first-order chi connectivity index (χ1) is 12.2. The van der Waals surface area contributed by atoms with Crippen molar-refractivity contribution in [1.82, 2.24) is 0 Å². The molecule has 140 valence electrons. The van der Waals surface area contributed by atoms with Crippen LogP contribution in [0.25, 0.3) is 0 Å². The number of hydrogen-bond donors (Lipinski definition) is 0. The molecule has 0 bridgehead atoms. The van der Waals surface area contributed by atoms with Gasteiger partial charge >= 0.3 is 11.9 Å². The summed E-state index contributed by atoms with van der Waals surface area (Å²) in [5, 5.41) is 0. The third-order valence-corrected chi connectivity index (χ3v) is 3.91. The molecule has 1 aromatic carbocycles. The quantitative estimate of drug-likeness (QED) is 0.386. The van der Waals surface area contributed by atoms with Crippen LogP contribution >= 0.6 is 0 Å². The second kappa shape index (κ2) is 13.3. The lowest BCUT2D eigenvalue weighted by Gasteiger charge is -2.07. The van der Waals surface area contributed by atoms with Crippen LogP contribution in [0.2, 0.25) is 0 Å². The van der Waals surface area contributed by atoms with Gasteiger partial charge in [0.2, 0.25) is 0 Å². The molecule has 0 aliphatic carbocycles. The summed E-state index contributed by atoms with van der Waals surface area (Å²) in [5.41, 5.74) is 0.378. The highest BCUT2D eigenvalue weighted by molar-refractivity contribution is 5.90. The van der Waals surface area contributed by atoms with E-state index in [0.29, 0.717) is 12.2 Å². The van der Waals surface area contributed by atoms with Crippen molar-refractivity contribution in [1.29, 1.82) is 0 Å². The fraction of sp³-hybridized carbons (Fsp3) is 0.600. The Morgan fingerprint density at radius 2 is 1.48 bits per heavy atom. The number of esters is 2. The fourth-order valence-electron chi connectivity index (χ4n) is 2.38. The van der Waals surface area contributed by atoms with Crippen molar-refractivity contribution in [2.24, 2.45) is 0 Å². The van der Waals surface area contributed by atoms with Gasteiger partial charge in [0.25, 0.3) is 0 Å². The van der Waals surface area contributed by atoms with Gasteiger partial charge in [-0.05, 0) is 30.7 Å². The third kappa shape index (κ3) is 9.75. The van der Waals surface area contributed by atoms with E-state index in [2.05, 4.69) is 11.7 Å². The van der Waals surface area contributed by atoms with Gasteiger partial charge in [-0.2, -0.15) is 0 Å². The van der Waals surface area contributed by atoms with E-state index < -0.39 is 11.9 Å². The molecule has 0 unspecified atom stereocenters. The van der Waals surface area contributed by atoms with Crippen molar-refractivity contribution in [3.8, 4) is 5.75 Å². The molecule has 25 heavy (non-hydrogen) atoms. The number of unbranched alkanes of at least 4 members (excludes halogenated alkanes) is 7. The molecule has 0 aromatic heterocycles. The average Bonchev–Trinajstić information content (AvgIpc) is 2.65. The van der Waals surface area contributed by atoms with Crippen LogP contribution in [0.15, 0.2) is 24.3 Å². The number of carbonyl (C=O) groups excluding carboxylic acids is 2. The molecule has 0 saturated heterocycles. The van der Waals surface area contributed by atoms with Gasteiger partial charge in [-0.1, -0.05) is 51.9 Å². The van der Waals surface area contributed by atoms with Crippen molar-refractivity contribution < 1.29 is 23.8 Å². The fourth-order valence-corrected chi connectivity index (χ4v) is 2.38. The molecular weight excluding hydrogens is 320 g/mol. The van der Waals surface area contributed by atoms with Crippen LogP contribution in [0.1, 0.15) is 68.6 Å². The van der Waals surface area contributed by atoms with Crippen LogP contribution < -0.4 is 4.74 Å². The number of carbonyl (C=O) groups is 2.